The van der Waals surface area contributed by atoms with Crippen LogP contribution in [0.25, 0.3) is 10.1 Å². The van der Waals surface area contributed by atoms with Gasteiger partial charge in [-0.3, -0.25) is 0 Å². The molecule has 0 aliphatic heterocycles. The summed E-state index contributed by atoms with van der Waals surface area (Å²) in [5.74, 6) is 0.276. The van der Waals surface area contributed by atoms with Gasteiger partial charge in [-0.05, 0) is 29.5 Å². The molecule has 0 radical (unpaired) electrons. The fourth-order valence-corrected chi connectivity index (χ4v) is 2.89. The van der Waals surface area contributed by atoms with Crippen molar-refractivity contribution >= 4 is 33.0 Å². The monoisotopic (exact) mass is 212 g/mol. The Hall–Kier alpha value is -0.730. The van der Waals surface area contributed by atoms with Crippen LogP contribution >= 0.6 is 22.9 Å². The number of phenolic OH excluding ortho intramolecular Hbond substituents is 1. The summed E-state index contributed by atoms with van der Waals surface area (Å²) in [5.41, 5.74) is 1.13. The number of aryl methyl sites for hydroxylation is 1. The zero-order chi connectivity index (χ0) is 9.42. The number of benzene rings is 1. The van der Waals surface area contributed by atoms with Gasteiger partial charge in [-0.15, -0.1) is 11.3 Å². The van der Waals surface area contributed by atoms with Gasteiger partial charge < -0.3 is 5.11 Å². The molecule has 68 valence electrons. The molecule has 0 amide bonds. The van der Waals surface area contributed by atoms with Crippen LogP contribution in [-0.2, 0) is 6.42 Å². The average Bonchev–Trinajstić information content (AvgIpc) is 2.53. The minimum absolute atomic E-state index is 0.276. The molecule has 2 aromatic rings. The predicted octanol–water partition coefficient (Wildman–Crippen LogP) is 3.82. The summed E-state index contributed by atoms with van der Waals surface area (Å²) in [6, 6.07) is 3.54. The van der Waals surface area contributed by atoms with E-state index in [4.69, 9.17) is 11.6 Å². The van der Waals surface area contributed by atoms with Crippen LogP contribution in [0.3, 0.4) is 0 Å². The zero-order valence-corrected chi connectivity index (χ0v) is 8.75. The van der Waals surface area contributed by atoms with E-state index in [0.29, 0.717) is 5.02 Å². The van der Waals surface area contributed by atoms with Gasteiger partial charge in [0, 0.05) is 15.1 Å². The molecule has 3 heteroatoms. The van der Waals surface area contributed by atoms with Gasteiger partial charge in [0.15, 0.2) is 0 Å². The number of rotatable bonds is 1. The van der Waals surface area contributed by atoms with Crippen molar-refractivity contribution < 1.29 is 5.11 Å². The first kappa shape index (κ1) is 8.85. The summed E-state index contributed by atoms with van der Waals surface area (Å²) >= 11 is 7.63. The van der Waals surface area contributed by atoms with Crippen LogP contribution in [0.5, 0.6) is 5.75 Å². The largest absolute Gasteiger partial charge is 0.507 e. The maximum absolute atomic E-state index is 9.58. The van der Waals surface area contributed by atoms with Crippen molar-refractivity contribution in [1.82, 2.24) is 0 Å². The van der Waals surface area contributed by atoms with Crippen molar-refractivity contribution in [2.45, 2.75) is 13.3 Å². The van der Waals surface area contributed by atoms with Gasteiger partial charge in [-0.2, -0.15) is 0 Å². The first-order chi connectivity index (χ1) is 6.24. The van der Waals surface area contributed by atoms with Crippen molar-refractivity contribution in [3.8, 4) is 5.75 Å². The molecule has 0 aliphatic rings. The van der Waals surface area contributed by atoms with Gasteiger partial charge in [0.25, 0.3) is 0 Å². The maximum Gasteiger partial charge on any atom is 0.125 e. The molecule has 1 aromatic carbocycles. The molecule has 0 bridgehead atoms. The second kappa shape index (κ2) is 3.20. The summed E-state index contributed by atoms with van der Waals surface area (Å²) in [6.07, 6.45) is 0.899. The molecule has 1 nitrogen and oxygen atoms in total. The van der Waals surface area contributed by atoms with Crippen molar-refractivity contribution in [3.63, 3.8) is 0 Å². The predicted molar refractivity (Wildman–Crippen MR) is 57.9 cm³/mol. The van der Waals surface area contributed by atoms with E-state index in [1.807, 2.05) is 11.4 Å². The van der Waals surface area contributed by atoms with Gasteiger partial charge in [-0.1, -0.05) is 18.5 Å². The van der Waals surface area contributed by atoms with E-state index in [9.17, 15) is 5.11 Å². The van der Waals surface area contributed by atoms with E-state index in [2.05, 4.69) is 6.92 Å². The number of fused-ring (bicyclic) bond motifs is 1. The molecule has 0 spiro atoms. The molecule has 0 saturated carbocycles. The van der Waals surface area contributed by atoms with Crippen LogP contribution < -0.4 is 0 Å². The third-order valence-corrected chi connectivity index (χ3v) is 3.43. The lowest BCUT2D eigenvalue weighted by Crippen LogP contribution is -1.82. The van der Waals surface area contributed by atoms with Crippen LogP contribution in [0.15, 0.2) is 17.5 Å². The molecule has 2 rings (SSSR count). The standard InChI is InChI=1S/C10H9ClOS/c1-2-6-8(11)5-9(12)7-3-4-13-10(6)7/h3-5,12H,2H2,1H3. The lowest BCUT2D eigenvalue weighted by Gasteiger charge is -2.04. The second-order valence-electron chi connectivity index (χ2n) is 2.87. The minimum atomic E-state index is 0.276. The molecule has 0 unspecified atom stereocenters. The highest BCUT2D eigenvalue weighted by Crippen LogP contribution is 2.36. The Balaban J connectivity index is 2.88. The Labute approximate surface area is 85.6 Å². The van der Waals surface area contributed by atoms with Gasteiger partial charge in [0.05, 0.1) is 0 Å². The Kier molecular flexibility index (Phi) is 2.18. The van der Waals surface area contributed by atoms with Crippen LogP contribution in [0.2, 0.25) is 5.02 Å². The Bertz CT molecular complexity index is 447. The minimum Gasteiger partial charge on any atom is -0.507 e. The number of thiophene rings is 1. The Morgan fingerprint density at radius 3 is 3.00 bits per heavy atom. The summed E-state index contributed by atoms with van der Waals surface area (Å²) in [4.78, 5) is 0. The van der Waals surface area contributed by atoms with Crippen LogP contribution in [0.4, 0.5) is 0 Å². The Morgan fingerprint density at radius 1 is 1.54 bits per heavy atom. The summed E-state index contributed by atoms with van der Waals surface area (Å²) in [6.45, 7) is 2.07. The van der Waals surface area contributed by atoms with Gasteiger partial charge in [0.1, 0.15) is 5.75 Å². The fourth-order valence-electron chi connectivity index (χ4n) is 1.47. The second-order valence-corrected chi connectivity index (χ2v) is 4.20. The Morgan fingerprint density at radius 2 is 2.31 bits per heavy atom. The highest BCUT2D eigenvalue weighted by Gasteiger charge is 2.09. The third kappa shape index (κ3) is 1.30. The quantitative estimate of drug-likeness (QED) is 0.762. The molecule has 1 aromatic heterocycles. The fraction of sp³-hybridized carbons (Fsp3) is 0.200. The normalized spacial score (nSPS) is 10.9. The zero-order valence-electron chi connectivity index (χ0n) is 7.17. The number of phenols is 1. The van der Waals surface area contributed by atoms with Crippen molar-refractivity contribution in [2.75, 3.05) is 0 Å². The lowest BCUT2D eigenvalue weighted by molar-refractivity contribution is 0.481. The van der Waals surface area contributed by atoms with Crippen molar-refractivity contribution in [1.29, 1.82) is 0 Å². The summed E-state index contributed by atoms with van der Waals surface area (Å²) in [5, 5.41) is 13.1. The number of aromatic hydroxyl groups is 1. The average molecular weight is 213 g/mol. The van der Waals surface area contributed by atoms with E-state index >= 15 is 0 Å². The molecule has 0 saturated heterocycles. The lowest BCUT2D eigenvalue weighted by atomic mass is 10.1. The molecule has 0 fully saturated rings. The first-order valence-corrected chi connectivity index (χ1v) is 5.37. The van der Waals surface area contributed by atoms with E-state index in [1.54, 1.807) is 17.4 Å². The topological polar surface area (TPSA) is 20.2 Å². The number of hydrogen-bond acceptors (Lipinski definition) is 2. The summed E-state index contributed by atoms with van der Waals surface area (Å²) in [7, 11) is 0. The van der Waals surface area contributed by atoms with Crippen LogP contribution in [-0.4, -0.2) is 5.11 Å². The number of hydrogen-bond donors (Lipinski definition) is 1. The molecule has 1 N–H and O–H groups in total. The number of halogens is 1. The SMILES string of the molecule is CCc1c(Cl)cc(O)c2ccsc12. The highest BCUT2D eigenvalue weighted by molar-refractivity contribution is 7.17. The molecular formula is C10H9ClOS. The molecule has 0 aliphatic carbocycles. The van der Waals surface area contributed by atoms with E-state index < -0.39 is 0 Å². The first-order valence-electron chi connectivity index (χ1n) is 4.11. The van der Waals surface area contributed by atoms with Crippen LogP contribution in [0.1, 0.15) is 12.5 Å². The third-order valence-electron chi connectivity index (χ3n) is 2.12. The van der Waals surface area contributed by atoms with Crippen molar-refractivity contribution in [3.05, 3.63) is 28.1 Å². The van der Waals surface area contributed by atoms with E-state index in [1.165, 1.54) is 0 Å². The van der Waals surface area contributed by atoms with E-state index in [0.717, 1.165) is 22.1 Å². The van der Waals surface area contributed by atoms with Crippen molar-refractivity contribution in [2.24, 2.45) is 0 Å². The molecule has 0 atom stereocenters. The molecule has 1 heterocycles. The van der Waals surface area contributed by atoms with Gasteiger partial charge in [-0.25, -0.2) is 0 Å². The highest BCUT2D eigenvalue weighted by atomic mass is 35.5. The maximum atomic E-state index is 9.58. The molecular weight excluding hydrogens is 204 g/mol. The summed E-state index contributed by atoms with van der Waals surface area (Å²) < 4.78 is 1.10. The van der Waals surface area contributed by atoms with Gasteiger partial charge in [0.2, 0.25) is 0 Å². The smallest absolute Gasteiger partial charge is 0.125 e. The van der Waals surface area contributed by atoms with Gasteiger partial charge >= 0.3 is 0 Å². The molecule has 13 heavy (non-hydrogen) atoms. The van der Waals surface area contributed by atoms with E-state index in [-0.39, 0.29) is 5.75 Å². The van der Waals surface area contributed by atoms with Crippen LogP contribution in [0, 0.1) is 0 Å².